The Morgan fingerprint density at radius 2 is 1.39 bits per heavy atom. The van der Waals surface area contributed by atoms with E-state index in [1.54, 1.807) is 0 Å². The smallest absolute Gasteiger partial charge is 0.338 e. The van der Waals surface area contributed by atoms with E-state index in [0.717, 1.165) is 41.7 Å². The van der Waals surface area contributed by atoms with Crippen LogP contribution in [0.5, 0.6) is 5.75 Å². The molecule has 1 aliphatic carbocycles. The number of nitrogens with two attached hydrogens (primary N) is 1. The Morgan fingerprint density at radius 3 is 2.00 bits per heavy atom. The maximum Gasteiger partial charge on any atom is 0.338 e. The average molecular weight is 517 g/mol. The third-order valence-electron chi connectivity index (χ3n) is 7.06. The lowest BCUT2D eigenvalue weighted by Crippen LogP contribution is -2.49. The van der Waals surface area contributed by atoms with E-state index in [1.165, 1.54) is 0 Å². The molecule has 0 spiro atoms. The number of rotatable bonds is 12. The Hall–Kier alpha value is -3.68. The molecule has 1 amide bonds. The van der Waals surface area contributed by atoms with E-state index >= 15 is 0 Å². The summed E-state index contributed by atoms with van der Waals surface area (Å²) in [5, 5.41) is 0. The number of ether oxygens (including phenoxy) is 2. The molecule has 0 heterocycles. The summed E-state index contributed by atoms with van der Waals surface area (Å²) in [4.78, 5) is 31.8. The van der Waals surface area contributed by atoms with Gasteiger partial charge in [-0.1, -0.05) is 92.1 Å². The molecule has 0 radical (unpaired) electrons. The van der Waals surface area contributed by atoms with Crippen LogP contribution in [0.1, 0.15) is 48.8 Å². The summed E-state index contributed by atoms with van der Waals surface area (Å²) in [5.41, 5.74) is 10.7. The molecule has 200 valence electrons. The minimum absolute atomic E-state index is 0.118. The van der Waals surface area contributed by atoms with Gasteiger partial charge in [0.15, 0.2) is 6.10 Å². The van der Waals surface area contributed by atoms with Gasteiger partial charge in [-0.2, -0.15) is 0 Å². The Kier molecular flexibility index (Phi) is 9.90. The van der Waals surface area contributed by atoms with Gasteiger partial charge in [0.25, 0.3) is 5.91 Å². The molecule has 38 heavy (non-hydrogen) atoms. The third-order valence-corrected chi connectivity index (χ3v) is 7.06. The van der Waals surface area contributed by atoms with Crippen molar-refractivity contribution in [2.45, 2.75) is 57.8 Å². The molecule has 1 fully saturated rings. The molecule has 0 unspecified atom stereocenters. The van der Waals surface area contributed by atoms with Gasteiger partial charge in [0.05, 0.1) is 5.41 Å². The van der Waals surface area contributed by atoms with Crippen LogP contribution in [0.3, 0.4) is 0 Å². The van der Waals surface area contributed by atoms with Crippen molar-refractivity contribution in [3.63, 3.8) is 0 Å². The van der Waals surface area contributed by atoms with Crippen molar-refractivity contribution in [1.82, 2.24) is 5.48 Å². The first-order chi connectivity index (χ1) is 18.6. The van der Waals surface area contributed by atoms with Crippen LogP contribution in [-0.2, 0) is 38.8 Å². The normalized spacial score (nSPS) is 15.3. The molecule has 1 aliphatic rings. The summed E-state index contributed by atoms with van der Waals surface area (Å²) in [6.07, 6.45) is 3.63. The van der Waals surface area contributed by atoms with Gasteiger partial charge in [0, 0.05) is 13.0 Å². The summed E-state index contributed by atoms with van der Waals surface area (Å²) >= 11 is 0. The summed E-state index contributed by atoms with van der Waals surface area (Å²) in [7, 11) is 0. The Morgan fingerprint density at radius 1 is 0.789 bits per heavy atom. The van der Waals surface area contributed by atoms with Crippen LogP contribution in [0.4, 0.5) is 0 Å². The molecule has 1 saturated carbocycles. The predicted molar refractivity (Wildman–Crippen MR) is 145 cm³/mol. The van der Waals surface area contributed by atoms with E-state index in [9.17, 15) is 9.59 Å². The lowest BCUT2D eigenvalue weighted by atomic mass is 9.73. The fourth-order valence-electron chi connectivity index (χ4n) is 4.66. The fraction of sp³-hybridized carbons (Fsp3) is 0.355. The highest BCUT2D eigenvalue weighted by atomic mass is 16.7. The molecule has 3 aromatic rings. The van der Waals surface area contributed by atoms with Crippen LogP contribution < -0.4 is 16.0 Å². The third kappa shape index (κ3) is 7.66. The highest BCUT2D eigenvalue weighted by molar-refractivity contribution is 5.82. The number of hydrogen-bond acceptors (Lipinski definition) is 6. The molecule has 7 nitrogen and oxygen atoms in total. The van der Waals surface area contributed by atoms with Gasteiger partial charge in [-0.3, -0.25) is 9.63 Å². The minimum Gasteiger partial charge on any atom is -0.489 e. The monoisotopic (exact) mass is 516 g/mol. The molecule has 0 saturated heterocycles. The van der Waals surface area contributed by atoms with Crippen molar-refractivity contribution in [3.8, 4) is 5.75 Å². The van der Waals surface area contributed by atoms with Crippen molar-refractivity contribution in [2.75, 3.05) is 6.54 Å². The number of amides is 1. The molecular formula is C31H36N2O5. The van der Waals surface area contributed by atoms with Crippen molar-refractivity contribution >= 4 is 11.9 Å². The van der Waals surface area contributed by atoms with Crippen LogP contribution in [0.25, 0.3) is 0 Å². The molecule has 7 heteroatoms. The van der Waals surface area contributed by atoms with Crippen molar-refractivity contribution < 1.29 is 23.9 Å². The van der Waals surface area contributed by atoms with Crippen molar-refractivity contribution in [3.05, 3.63) is 102 Å². The fourth-order valence-corrected chi connectivity index (χ4v) is 4.66. The Labute approximate surface area is 224 Å². The number of esters is 1. The van der Waals surface area contributed by atoms with Crippen LogP contribution >= 0.6 is 0 Å². The minimum atomic E-state index is -1.02. The molecule has 1 atom stereocenters. The summed E-state index contributed by atoms with van der Waals surface area (Å²) < 4.78 is 11.4. The first-order valence-electron chi connectivity index (χ1n) is 13.2. The first kappa shape index (κ1) is 27.4. The van der Waals surface area contributed by atoms with Gasteiger partial charge in [-0.25, -0.2) is 10.3 Å². The number of nitrogens with one attached hydrogen (secondary N) is 1. The van der Waals surface area contributed by atoms with E-state index in [-0.39, 0.29) is 25.5 Å². The SMILES string of the molecule is NCC1(C(=O)NO[C@@H](Cc2ccc(OCc3ccccc3)cc2)C(=O)OCc2ccccc2)CCCCC1. The lowest BCUT2D eigenvalue weighted by molar-refractivity contribution is -0.170. The van der Waals surface area contributed by atoms with Gasteiger partial charge < -0.3 is 15.2 Å². The second kappa shape index (κ2) is 13.7. The van der Waals surface area contributed by atoms with E-state index in [4.69, 9.17) is 20.0 Å². The first-order valence-corrected chi connectivity index (χ1v) is 13.2. The topological polar surface area (TPSA) is 99.9 Å². The molecule has 0 aliphatic heterocycles. The molecular weight excluding hydrogens is 480 g/mol. The zero-order valence-corrected chi connectivity index (χ0v) is 21.6. The van der Waals surface area contributed by atoms with Gasteiger partial charge in [-0.05, 0) is 41.7 Å². The molecule has 0 aromatic heterocycles. The van der Waals surface area contributed by atoms with Crippen molar-refractivity contribution in [2.24, 2.45) is 11.1 Å². The van der Waals surface area contributed by atoms with Crippen molar-refractivity contribution in [1.29, 1.82) is 0 Å². The largest absolute Gasteiger partial charge is 0.489 e. The summed E-state index contributed by atoms with van der Waals surface area (Å²) in [5.74, 6) is -0.105. The standard InChI is InChI=1S/C31H36N2O5/c32-23-31(18-8-3-9-19-31)30(35)33-38-28(29(34)37-22-26-12-6-2-7-13-26)20-24-14-16-27(17-15-24)36-21-25-10-4-1-5-11-25/h1-2,4-7,10-17,28H,3,8-9,18-23,32H2,(H,33,35)/t28-/m0/s1. The van der Waals surface area contributed by atoms with Crippen LogP contribution in [0.15, 0.2) is 84.9 Å². The quantitative estimate of drug-likeness (QED) is 0.263. The zero-order valence-electron chi connectivity index (χ0n) is 21.6. The highest BCUT2D eigenvalue weighted by Crippen LogP contribution is 2.35. The van der Waals surface area contributed by atoms with E-state index in [0.29, 0.717) is 19.4 Å². The molecule has 0 bridgehead atoms. The maximum atomic E-state index is 13.1. The number of carbonyl (C=O) groups excluding carboxylic acids is 2. The number of hydroxylamine groups is 1. The van der Waals surface area contributed by atoms with E-state index in [1.807, 2.05) is 84.9 Å². The number of carbonyl (C=O) groups is 2. The van der Waals surface area contributed by atoms with Gasteiger partial charge in [0.1, 0.15) is 19.0 Å². The number of benzene rings is 3. The van der Waals surface area contributed by atoms with Crippen LogP contribution in [0.2, 0.25) is 0 Å². The summed E-state index contributed by atoms with van der Waals surface area (Å²) in [6, 6.07) is 26.8. The second-order valence-corrected chi connectivity index (χ2v) is 9.80. The molecule has 4 rings (SSSR count). The van der Waals surface area contributed by atoms with E-state index in [2.05, 4.69) is 5.48 Å². The van der Waals surface area contributed by atoms with Gasteiger partial charge in [-0.15, -0.1) is 0 Å². The van der Waals surface area contributed by atoms with Gasteiger partial charge in [0.2, 0.25) is 0 Å². The molecule has 3 N–H and O–H groups in total. The second-order valence-electron chi connectivity index (χ2n) is 9.80. The van der Waals surface area contributed by atoms with Crippen LogP contribution in [-0.4, -0.2) is 24.5 Å². The predicted octanol–water partition coefficient (Wildman–Crippen LogP) is 4.88. The van der Waals surface area contributed by atoms with Crippen LogP contribution in [0, 0.1) is 5.41 Å². The van der Waals surface area contributed by atoms with Gasteiger partial charge >= 0.3 is 5.97 Å². The maximum absolute atomic E-state index is 13.1. The Balaban J connectivity index is 1.39. The Bertz CT molecular complexity index is 1150. The highest BCUT2D eigenvalue weighted by Gasteiger charge is 2.39. The van der Waals surface area contributed by atoms with E-state index < -0.39 is 17.5 Å². The lowest BCUT2D eigenvalue weighted by Gasteiger charge is -2.34. The zero-order chi connectivity index (χ0) is 26.6. The number of hydrogen-bond donors (Lipinski definition) is 2. The molecule has 3 aromatic carbocycles. The summed E-state index contributed by atoms with van der Waals surface area (Å²) in [6.45, 7) is 0.828. The average Bonchev–Trinajstić information content (AvgIpc) is 2.98.